The number of rotatable bonds is 4. The fourth-order valence-electron chi connectivity index (χ4n) is 2.27. The van der Waals surface area contributed by atoms with E-state index in [0.29, 0.717) is 5.39 Å². The molecule has 0 spiro atoms. The molecule has 0 aliphatic carbocycles. The third-order valence-corrected chi connectivity index (χ3v) is 4.68. The molecule has 0 bridgehead atoms. The average Bonchev–Trinajstić information content (AvgIpc) is 2.54. The number of nitro groups is 1. The highest BCUT2D eigenvalue weighted by Gasteiger charge is 2.22. The van der Waals surface area contributed by atoms with Crippen LogP contribution in [-0.2, 0) is 10.1 Å². The molecule has 0 atom stereocenters. The second-order valence-corrected chi connectivity index (χ2v) is 6.67. The van der Waals surface area contributed by atoms with Gasteiger partial charge in [-0.1, -0.05) is 29.8 Å². The van der Waals surface area contributed by atoms with Gasteiger partial charge in [-0.05, 0) is 19.1 Å². The number of pyridine rings is 1. The monoisotopic (exact) mass is 344 g/mol. The number of hydrogen-bond donors (Lipinski definition) is 0. The number of hydrogen-bond acceptors (Lipinski definition) is 6. The molecule has 0 unspecified atom stereocenters. The molecule has 0 N–H and O–H groups in total. The first kappa shape index (κ1) is 15.9. The molecule has 7 nitrogen and oxygen atoms in total. The van der Waals surface area contributed by atoms with Crippen molar-refractivity contribution in [2.75, 3.05) is 0 Å². The van der Waals surface area contributed by atoms with E-state index < -0.39 is 15.0 Å². The highest BCUT2D eigenvalue weighted by atomic mass is 32.2. The van der Waals surface area contributed by atoms with Gasteiger partial charge in [-0.25, -0.2) is 0 Å². The normalized spacial score (nSPS) is 11.4. The minimum absolute atomic E-state index is 0.0383. The molecular weight excluding hydrogens is 332 g/mol. The third kappa shape index (κ3) is 2.91. The zero-order valence-electron chi connectivity index (χ0n) is 12.5. The topological polar surface area (TPSA) is 99.4 Å². The minimum Gasteiger partial charge on any atom is -0.376 e. The molecule has 3 rings (SSSR count). The van der Waals surface area contributed by atoms with Crippen LogP contribution in [0.4, 0.5) is 5.69 Å². The molecule has 0 radical (unpaired) electrons. The van der Waals surface area contributed by atoms with Crippen LogP contribution in [-0.4, -0.2) is 18.3 Å². The van der Waals surface area contributed by atoms with Crippen molar-refractivity contribution in [2.45, 2.75) is 11.8 Å². The molecule has 0 saturated heterocycles. The van der Waals surface area contributed by atoms with Crippen molar-refractivity contribution in [1.82, 2.24) is 4.98 Å². The van der Waals surface area contributed by atoms with Gasteiger partial charge in [-0.3, -0.25) is 15.1 Å². The van der Waals surface area contributed by atoms with E-state index in [-0.39, 0.29) is 21.7 Å². The molecule has 3 aromatic rings. The zero-order chi connectivity index (χ0) is 17.3. The van der Waals surface area contributed by atoms with Crippen LogP contribution in [0.25, 0.3) is 10.8 Å². The first-order chi connectivity index (χ1) is 11.4. The van der Waals surface area contributed by atoms with Gasteiger partial charge in [-0.2, -0.15) is 8.42 Å². The first-order valence-corrected chi connectivity index (χ1v) is 8.31. The summed E-state index contributed by atoms with van der Waals surface area (Å²) in [6.07, 6.45) is 2.56. The van der Waals surface area contributed by atoms with Crippen LogP contribution in [0.1, 0.15) is 5.56 Å². The van der Waals surface area contributed by atoms with Gasteiger partial charge in [0.2, 0.25) is 0 Å². The van der Waals surface area contributed by atoms with E-state index in [9.17, 15) is 18.5 Å². The van der Waals surface area contributed by atoms with Gasteiger partial charge in [0.15, 0.2) is 5.75 Å². The van der Waals surface area contributed by atoms with Crippen molar-refractivity contribution in [3.8, 4) is 5.75 Å². The lowest BCUT2D eigenvalue weighted by Crippen LogP contribution is -2.10. The minimum atomic E-state index is -4.13. The van der Waals surface area contributed by atoms with Gasteiger partial charge in [0.1, 0.15) is 10.3 Å². The molecule has 122 valence electrons. The largest absolute Gasteiger partial charge is 0.376 e. The molecule has 0 saturated carbocycles. The van der Waals surface area contributed by atoms with Gasteiger partial charge in [0, 0.05) is 17.6 Å². The van der Waals surface area contributed by atoms with Crippen LogP contribution < -0.4 is 4.18 Å². The van der Waals surface area contributed by atoms with Gasteiger partial charge in [0.25, 0.3) is 5.69 Å². The number of fused-ring (bicyclic) bond motifs is 1. The van der Waals surface area contributed by atoms with Crippen LogP contribution in [0.3, 0.4) is 0 Å². The molecule has 1 heterocycles. The van der Waals surface area contributed by atoms with Crippen LogP contribution >= 0.6 is 0 Å². The van der Waals surface area contributed by atoms with Crippen molar-refractivity contribution in [2.24, 2.45) is 0 Å². The lowest BCUT2D eigenvalue weighted by atomic mass is 10.1. The number of aryl methyl sites for hydroxylation is 1. The molecule has 2 aromatic carbocycles. The van der Waals surface area contributed by atoms with E-state index >= 15 is 0 Å². The highest BCUT2D eigenvalue weighted by molar-refractivity contribution is 7.87. The maximum Gasteiger partial charge on any atom is 0.339 e. The Labute approximate surface area is 137 Å². The summed E-state index contributed by atoms with van der Waals surface area (Å²) in [6, 6.07) is 10.5. The summed E-state index contributed by atoms with van der Waals surface area (Å²) in [5.74, 6) is -0.180. The Hall–Kier alpha value is -3.00. The van der Waals surface area contributed by atoms with Crippen molar-refractivity contribution < 1.29 is 17.5 Å². The fraction of sp³-hybridized carbons (Fsp3) is 0.0625. The smallest absolute Gasteiger partial charge is 0.339 e. The first-order valence-electron chi connectivity index (χ1n) is 6.91. The summed E-state index contributed by atoms with van der Waals surface area (Å²) in [7, 11) is -4.13. The molecule has 1 aromatic heterocycles. The number of benzene rings is 2. The Bertz CT molecular complexity index is 1020. The lowest BCUT2D eigenvalue weighted by Gasteiger charge is -2.09. The van der Waals surface area contributed by atoms with E-state index in [1.165, 1.54) is 30.5 Å². The van der Waals surface area contributed by atoms with Crippen molar-refractivity contribution in [3.05, 3.63) is 70.5 Å². The van der Waals surface area contributed by atoms with E-state index in [1.54, 1.807) is 18.2 Å². The maximum absolute atomic E-state index is 12.4. The van der Waals surface area contributed by atoms with Crippen LogP contribution in [0.15, 0.2) is 59.8 Å². The number of nitrogens with zero attached hydrogens (tertiary/aromatic N) is 2. The third-order valence-electron chi connectivity index (χ3n) is 3.43. The van der Waals surface area contributed by atoms with Gasteiger partial charge >= 0.3 is 10.1 Å². The average molecular weight is 344 g/mol. The second kappa shape index (κ2) is 5.89. The summed E-state index contributed by atoms with van der Waals surface area (Å²) in [5.41, 5.74) is 0.653. The highest BCUT2D eigenvalue weighted by Crippen LogP contribution is 2.34. The predicted molar refractivity (Wildman–Crippen MR) is 87.4 cm³/mol. The van der Waals surface area contributed by atoms with Gasteiger partial charge in [0.05, 0.1) is 11.1 Å². The predicted octanol–water partition coefficient (Wildman–Crippen LogP) is 3.22. The van der Waals surface area contributed by atoms with Crippen molar-refractivity contribution >= 4 is 26.6 Å². The lowest BCUT2D eigenvalue weighted by molar-refractivity contribution is -0.383. The summed E-state index contributed by atoms with van der Waals surface area (Å²) in [5, 5.41) is 11.7. The van der Waals surface area contributed by atoms with Crippen LogP contribution in [0.5, 0.6) is 5.75 Å². The number of non-ortho nitro benzene ring substituents is 1. The fourth-order valence-corrected chi connectivity index (χ4v) is 3.20. The quantitative estimate of drug-likeness (QED) is 0.409. The van der Waals surface area contributed by atoms with Crippen LogP contribution in [0.2, 0.25) is 0 Å². The molecule has 8 heteroatoms. The van der Waals surface area contributed by atoms with Gasteiger partial charge in [-0.15, -0.1) is 0 Å². The Morgan fingerprint density at radius 3 is 2.46 bits per heavy atom. The zero-order valence-corrected chi connectivity index (χ0v) is 13.4. The van der Waals surface area contributed by atoms with Gasteiger partial charge < -0.3 is 4.18 Å². The second-order valence-electron chi connectivity index (χ2n) is 5.12. The van der Waals surface area contributed by atoms with E-state index in [2.05, 4.69) is 4.98 Å². The van der Waals surface area contributed by atoms with E-state index in [0.717, 1.165) is 11.8 Å². The molecule has 24 heavy (non-hydrogen) atoms. The van der Waals surface area contributed by atoms with Crippen molar-refractivity contribution in [3.63, 3.8) is 0 Å². The Morgan fingerprint density at radius 2 is 1.79 bits per heavy atom. The van der Waals surface area contributed by atoms with Crippen LogP contribution in [0, 0.1) is 17.0 Å². The van der Waals surface area contributed by atoms with E-state index in [1.807, 2.05) is 6.92 Å². The Morgan fingerprint density at radius 1 is 1.08 bits per heavy atom. The summed E-state index contributed by atoms with van der Waals surface area (Å²) in [6.45, 7) is 1.83. The number of aromatic nitrogens is 1. The molecule has 0 aliphatic heterocycles. The Balaban J connectivity index is 2.13. The SMILES string of the molecule is Cc1ccc(S(=O)(=O)Oc2cncc3cccc([N+](=O)[O-])c23)cc1. The number of nitro benzene ring substituents is 1. The summed E-state index contributed by atoms with van der Waals surface area (Å²) >= 11 is 0. The standard InChI is InChI=1S/C16H12N2O5S/c1-11-5-7-13(8-6-11)24(21,22)23-15-10-17-9-12-3-2-4-14(16(12)15)18(19)20/h2-10H,1H3. The Kier molecular flexibility index (Phi) is 3.90. The van der Waals surface area contributed by atoms with Crippen molar-refractivity contribution in [1.29, 1.82) is 0 Å². The summed E-state index contributed by atoms with van der Waals surface area (Å²) in [4.78, 5) is 14.5. The van der Waals surface area contributed by atoms with E-state index in [4.69, 9.17) is 4.18 Å². The summed E-state index contributed by atoms with van der Waals surface area (Å²) < 4.78 is 30.0. The molecular formula is C16H12N2O5S. The maximum atomic E-state index is 12.4. The molecule has 0 amide bonds. The molecule has 0 aliphatic rings. The molecule has 0 fully saturated rings.